The zero-order valence-electron chi connectivity index (χ0n) is 9.63. The van der Waals surface area contributed by atoms with Crippen LogP contribution in [0.25, 0.3) is 0 Å². The smallest absolute Gasteiger partial charge is 0.0413 e. The second-order valence-electron chi connectivity index (χ2n) is 4.66. The van der Waals surface area contributed by atoms with Gasteiger partial charge in [-0.1, -0.05) is 20.8 Å². The third-order valence-electron chi connectivity index (χ3n) is 3.23. The molecule has 0 aliphatic heterocycles. The summed E-state index contributed by atoms with van der Waals surface area (Å²) in [6.45, 7) is 7.35. The van der Waals surface area contributed by atoms with E-state index in [-0.39, 0.29) is 5.41 Å². The van der Waals surface area contributed by atoms with Gasteiger partial charge in [-0.25, -0.2) is 0 Å². The molecule has 2 nitrogen and oxygen atoms in total. The molecular formula is C12H19BrN2. The molecule has 15 heavy (non-hydrogen) atoms. The topological polar surface area (TPSA) is 38.9 Å². The quantitative estimate of drug-likeness (QED) is 0.914. The Morgan fingerprint density at radius 2 is 2.13 bits per heavy atom. The van der Waals surface area contributed by atoms with Gasteiger partial charge in [0.15, 0.2) is 0 Å². The van der Waals surface area contributed by atoms with Gasteiger partial charge < -0.3 is 5.73 Å². The summed E-state index contributed by atoms with van der Waals surface area (Å²) in [5, 5.41) is 0. The molecule has 0 saturated carbocycles. The van der Waals surface area contributed by atoms with E-state index in [9.17, 15) is 0 Å². The predicted octanol–water partition coefficient (Wildman–Crippen LogP) is 3.01. The lowest BCUT2D eigenvalue weighted by molar-refractivity contribution is 0.225. The molecule has 3 heteroatoms. The Bertz CT molecular complexity index is 308. The van der Waals surface area contributed by atoms with Gasteiger partial charge in [-0.05, 0) is 52.4 Å². The van der Waals surface area contributed by atoms with E-state index >= 15 is 0 Å². The molecule has 0 aliphatic rings. The van der Waals surface area contributed by atoms with Crippen molar-refractivity contribution < 1.29 is 0 Å². The van der Waals surface area contributed by atoms with E-state index in [2.05, 4.69) is 47.8 Å². The molecule has 0 spiro atoms. The van der Waals surface area contributed by atoms with Crippen molar-refractivity contribution in [3.8, 4) is 0 Å². The van der Waals surface area contributed by atoms with Crippen molar-refractivity contribution in [2.45, 2.75) is 27.2 Å². The Labute approximate surface area is 100 Å². The minimum Gasteiger partial charge on any atom is -0.330 e. The number of halogens is 1. The highest BCUT2D eigenvalue weighted by molar-refractivity contribution is 9.10. The maximum atomic E-state index is 5.85. The van der Waals surface area contributed by atoms with Crippen LogP contribution in [0.4, 0.5) is 0 Å². The number of nitrogens with zero attached hydrogens (tertiary/aromatic N) is 1. The van der Waals surface area contributed by atoms with Crippen LogP contribution in [0, 0.1) is 11.3 Å². The average molecular weight is 271 g/mol. The molecule has 0 radical (unpaired) electrons. The summed E-state index contributed by atoms with van der Waals surface area (Å²) < 4.78 is 1.02. The molecule has 1 aromatic rings. The highest BCUT2D eigenvalue weighted by Crippen LogP contribution is 2.29. The van der Waals surface area contributed by atoms with Gasteiger partial charge in [0.1, 0.15) is 0 Å². The van der Waals surface area contributed by atoms with Crippen molar-refractivity contribution in [3.05, 3.63) is 28.5 Å². The number of hydrogen-bond acceptors (Lipinski definition) is 2. The van der Waals surface area contributed by atoms with E-state index in [4.69, 9.17) is 5.73 Å². The summed E-state index contributed by atoms with van der Waals surface area (Å²) in [5.74, 6) is 0.563. The van der Waals surface area contributed by atoms with Crippen molar-refractivity contribution in [2.75, 3.05) is 6.54 Å². The molecule has 0 saturated heterocycles. The second kappa shape index (κ2) is 5.08. The van der Waals surface area contributed by atoms with Crippen LogP contribution >= 0.6 is 15.9 Å². The van der Waals surface area contributed by atoms with Crippen molar-refractivity contribution >= 4 is 15.9 Å². The fraction of sp³-hybridized carbons (Fsp3) is 0.583. The predicted molar refractivity (Wildman–Crippen MR) is 67.6 cm³/mol. The number of rotatable bonds is 4. The first-order chi connectivity index (χ1) is 6.98. The van der Waals surface area contributed by atoms with E-state index in [1.807, 2.05) is 12.3 Å². The highest BCUT2D eigenvalue weighted by Gasteiger charge is 2.27. The molecule has 1 unspecified atom stereocenters. The zero-order chi connectivity index (χ0) is 11.5. The first-order valence-electron chi connectivity index (χ1n) is 5.28. The van der Waals surface area contributed by atoms with E-state index in [0.717, 1.165) is 16.6 Å². The van der Waals surface area contributed by atoms with Crippen LogP contribution in [0.3, 0.4) is 0 Å². The van der Waals surface area contributed by atoms with Crippen molar-refractivity contribution in [1.29, 1.82) is 0 Å². The Hall–Kier alpha value is -0.410. The fourth-order valence-corrected chi connectivity index (χ4v) is 1.67. The van der Waals surface area contributed by atoms with E-state index in [0.29, 0.717) is 12.5 Å². The van der Waals surface area contributed by atoms with Crippen LogP contribution in [0.1, 0.15) is 26.5 Å². The lowest BCUT2D eigenvalue weighted by Gasteiger charge is -2.32. The summed E-state index contributed by atoms with van der Waals surface area (Å²) in [6.07, 6.45) is 2.78. The zero-order valence-corrected chi connectivity index (χ0v) is 11.2. The number of nitrogens with two attached hydrogens (primary N) is 1. The molecule has 84 valence electrons. The minimum absolute atomic E-state index is 0.140. The van der Waals surface area contributed by atoms with Crippen LogP contribution < -0.4 is 5.73 Å². The number of aromatic nitrogens is 1. The molecule has 0 aliphatic carbocycles. The van der Waals surface area contributed by atoms with Crippen molar-refractivity contribution in [2.24, 2.45) is 17.1 Å². The standard InChI is InChI=1S/C12H19BrN2/c1-9(2)12(3,8-14)6-11-5-4-10(13)7-15-11/h4-5,7,9H,6,8,14H2,1-3H3. The molecule has 1 rings (SSSR count). The average Bonchev–Trinajstić information content (AvgIpc) is 2.21. The highest BCUT2D eigenvalue weighted by atomic mass is 79.9. The van der Waals surface area contributed by atoms with E-state index < -0.39 is 0 Å². The van der Waals surface area contributed by atoms with Gasteiger partial charge in [0.25, 0.3) is 0 Å². The molecule has 0 bridgehead atoms. The molecular weight excluding hydrogens is 252 g/mol. The van der Waals surface area contributed by atoms with Crippen molar-refractivity contribution in [3.63, 3.8) is 0 Å². The summed E-state index contributed by atoms with van der Waals surface area (Å²) in [4.78, 5) is 4.39. The van der Waals surface area contributed by atoms with Crippen molar-refractivity contribution in [1.82, 2.24) is 4.98 Å². The summed E-state index contributed by atoms with van der Waals surface area (Å²) in [7, 11) is 0. The number of hydrogen-bond donors (Lipinski definition) is 1. The van der Waals surface area contributed by atoms with Gasteiger partial charge in [0, 0.05) is 16.4 Å². The molecule has 0 aromatic carbocycles. The first-order valence-corrected chi connectivity index (χ1v) is 6.08. The van der Waals surface area contributed by atoms with Gasteiger partial charge in [-0.3, -0.25) is 4.98 Å². The third kappa shape index (κ3) is 3.28. The van der Waals surface area contributed by atoms with Crippen LogP contribution in [0.15, 0.2) is 22.8 Å². The minimum atomic E-state index is 0.140. The van der Waals surface area contributed by atoms with Gasteiger partial charge in [0.05, 0.1) is 0 Å². The maximum Gasteiger partial charge on any atom is 0.0413 e. The Morgan fingerprint density at radius 1 is 1.47 bits per heavy atom. The van der Waals surface area contributed by atoms with E-state index in [1.165, 1.54) is 0 Å². The largest absolute Gasteiger partial charge is 0.330 e. The lowest BCUT2D eigenvalue weighted by atomic mass is 9.75. The fourth-order valence-electron chi connectivity index (χ4n) is 1.44. The van der Waals surface area contributed by atoms with Gasteiger partial charge in [0.2, 0.25) is 0 Å². The van der Waals surface area contributed by atoms with Gasteiger partial charge in [-0.2, -0.15) is 0 Å². The Kier molecular flexibility index (Phi) is 4.29. The summed E-state index contributed by atoms with van der Waals surface area (Å²) in [5.41, 5.74) is 7.10. The molecule has 1 heterocycles. The van der Waals surface area contributed by atoms with Gasteiger partial charge in [-0.15, -0.1) is 0 Å². The third-order valence-corrected chi connectivity index (χ3v) is 3.70. The first kappa shape index (κ1) is 12.7. The maximum absolute atomic E-state index is 5.85. The van der Waals surface area contributed by atoms with Crippen LogP contribution in [-0.4, -0.2) is 11.5 Å². The van der Waals surface area contributed by atoms with Crippen LogP contribution in [0.2, 0.25) is 0 Å². The van der Waals surface area contributed by atoms with Gasteiger partial charge >= 0.3 is 0 Å². The molecule has 1 atom stereocenters. The van der Waals surface area contributed by atoms with Crippen LogP contribution in [0.5, 0.6) is 0 Å². The molecule has 2 N–H and O–H groups in total. The molecule has 1 aromatic heterocycles. The summed E-state index contributed by atoms with van der Waals surface area (Å²) in [6, 6.07) is 4.08. The monoisotopic (exact) mass is 270 g/mol. The molecule has 0 amide bonds. The SMILES string of the molecule is CC(C)C(C)(CN)Cc1ccc(Br)cn1. The molecule has 0 fully saturated rings. The summed E-state index contributed by atoms with van der Waals surface area (Å²) >= 11 is 3.38. The Balaban J connectivity index is 2.79. The Morgan fingerprint density at radius 3 is 2.53 bits per heavy atom. The normalized spacial score (nSPS) is 15.3. The second-order valence-corrected chi connectivity index (χ2v) is 5.57. The number of pyridine rings is 1. The van der Waals surface area contributed by atoms with Crippen LogP contribution in [-0.2, 0) is 6.42 Å². The van der Waals surface area contributed by atoms with E-state index in [1.54, 1.807) is 0 Å². The lowest BCUT2D eigenvalue weighted by Crippen LogP contribution is -2.35.